The molecule has 2 aromatic rings. The van der Waals surface area contributed by atoms with Crippen LogP contribution >= 0.6 is 27.5 Å². The quantitative estimate of drug-likeness (QED) is 0.805. The Balaban J connectivity index is 1.99. The first-order chi connectivity index (χ1) is 9.13. The standard InChI is InChI=1S/C15H11BrClNO/c16-12-2-1-3-14(10-12)18-15(19)9-6-11-4-7-13(17)8-5-11/h1-10H,(H,18,19). The number of rotatable bonds is 3. The lowest BCUT2D eigenvalue weighted by atomic mass is 10.2. The van der Waals surface area contributed by atoms with E-state index in [1.807, 2.05) is 36.4 Å². The van der Waals surface area contributed by atoms with Gasteiger partial charge >= 0.3 is 0 Å². The van der Waals surface area contributed by atoms with E-state index in [1.165, 1.54) is 6.08 Å². The molecule has 4 heteroatoms. The second kappa shape index (κ2) is 6.55. The van der Waals surface area contributed by atoms with Crippen molar-refractivity contribution in [2.75, 3.05) is 5.32 Å². The van der Waals surface area contributed by atoms with Crippen molar-refractivity contribution in [2.24, 2.45) is 0 Å². The maximum Gasteiger partial charge on any atom is 0.248 e. The van der Waals surface area contributed by atoms with E-state index in [-0.39, 0.29) is 5.91 Å². The number of hydrogen-bond donors (Lipinski definition) is 1. The van der Waals surface area contributed by atoms with Crippen LogP contribution in [0.25, 0.3) is 6.08 Å². The van der Waals surface area contributed by atoms with Crippen LogP contribution < -0.4 is 5.32 Å². The third kappa shape index (κ3) is 4.54. The molecule has 2 nitrogen and oxygen atoms in total. The molecule has 0 unspecified atom stereocenters. The van der Waals surface area contributed by atoms with Crippen molar-refractivity contribution >= 4 is 45.2 Å². The van der Waals surface area contributed by atoms with Crippen LogP contribution in [-0.2, 0) is 4.79 Å². The highest BCUT2D eigenvalue weighted by atomic mass is 79.9. The van der Waals surface area contributed by atoms with Crippen LogP contribution in [0.1, 0.15) is 5.56 Å². The molecule has 2 aromatic carbocycles. The van der Waals surface area contributed by atoms with Crippen LogP contribution in [0.3, 0.4) is 0 Å². The highest BCUT2D eigenvalue weighted by molar-refractivity contribution is 9.10. The van der Waals surface area contributed by atoms with Crippen LogP contribution in [0.15, 0.2) is 59.1 Å². The van der Waals surface area contributed by atoms with Crippen LogP contribution in [0.2, 0.25) is 5.02 Å². The maximum atomic E-state index is 11.7. The van der Waals surface area contributed by atoms with E-state index in [9.17, 15) is 4.79 Å². The molecule has 1 N–H and O–H groups in total. The van der Waals surface area contributed by atoms with E-state index in [1.54, 1.807) is 18.2 Å². The van der Waals surface area contributed by atoms with E-state index in [4.69, 9.17) is 11.6 Å². The zero-order chi connectivity index (χ0) is 13.7. The van der Waals surface area contributed by atoms with E-state index in [0.29, 0.717) is 5.02 Å². The first-order valence-electron chi connectivity index (χ1n) is 5.64. The van der Waals surface area contributed by atoms with Gasteiger partial charge in [0.1, 0.15) is 0 Å². The highest BCUT2D eigenvalue weighted by Gasteiger charge is 1.98. The minimum absolute atomic E-state index is 0.173. The highest BCUT2D eigenvalue weighted by Crippen LogP contribution is 2.16. The molecule has 0 radical (unpaired) electrons. The van der Waals surface area contributed by atoms with Gasteiger partial charge in [-0.25, -0.2) is 0 Å². The van der Waals surface area contributed by atoms with Crippen molar-refractivity contribution in [3.8, 4) is 0 Å². The van der Waals surface area contributed by atoms with Crippen molar-refractivity contribution in [3.05, 3.63) is 69.7 Å². The molecule has 0 atom stereocenters. The summed E-state index contributed by atoms with van der Waals surface area (Å²) in [4.78, 5) is 11.7. The van der Waals surface area contributed by atoms with Gasteiger partial charge in [0.05, 0.1) is 0 Å². The number of amides is 1. The van der Waals surface area contributed by atoms with E-state index in [2.05, 4.69) is 21.2 Å². The van der Waals surface area contributed by atoms with Crippen molar-refractivity contribution in [1.82, 2.24) is 0 Å². The summed E-state index contributed by atoms with van der Waals surface area (Å²) >= 11 is 9.14. The van der Waals surface area contributed by atoms with Crippen molar-refractivity contribution in [1.29, 1.82) is 0 Å². The third-order valence-electron chi connectivity index (χ3n) is 2.39. The Morgan fingerprint density at radius 1 is 1.16 bits per heavy atom. The Hall–Kier alpha value is -1.58. The molecule has 0 bridgehead atoms. The third-order valence-corrected chi connectivity index (χ3v) is 3.13. The van der Waals surface area contributed by atoms with Gasteiger partial charge in [-0.2, -0.15) is 0 Å². The average Bonchev–Trinajstić information content (AvgIpc) is 2.38. The predicted molar refractivity (Wildman–Crippen MR) is 83.3 cm³/mol. The number of halogens is 2. The molecular weight excluding hydrogens is 326 g/mol. The average molecular weight is 337 g/mol. The number of hydrogen-bond acceptors (Lipinski definition) is 1. The number of nitrogens with one attached hydrogen (secondary N) is 1. The largest absolute Gasteiger partial charge is 0.322 e. The molecule has 0 fully saturated rings. The van der Waals surface area contributed by atoms with Gasteiger partial charge in [-0.05, 0) is 42.0 Å². The number of carbonyl (C=O) groups excluding carboxylic acids is 1. The zero-order valence-corrected chi connectivity index (χ0v) is 12.3. The maximum absolute atomic E-state index is 11.7. The smallest absolute Gasteiger partial charge is 0.248 e. The fourth-order valence-corrected chi connectivity index (χ4v) is 2.02. The molecule has 0 aliphatic heterocycles. The molecule has 0 aromatic heterocycles. The van der Waals surface area contributed by atoms with Gasteiger partial charge in [-0.3, -0.25) is 4.79 Å². The first-order valence-corrected chi connectivity index (χ1v) is 6.81. The lowest BCUT2D eigenvalue weighted by Gasteiger charge is -2.02. The molecule has 0 saturated carbocycles. The number of anilines is 1. The topological polar surface area (TPSA) is 29.1 Å². The van der Waals surface area contributed by atoms with Crippen molar-refractivity contribution in [3.63, 3.8) is 0 Å². The number of benzene rings is 2. The Kier molecular flexibility index (Phi) is 4.77. The van der Waals surface area contributed by atoms with Gasteiger partial charge in [0.15, 0.2) is 0 Å². The fourth-order valence-electron chi connectivity index (χ4n) is 1.50. The van der Waals surface area contributed by atoms with E-state index in [0.717, 1.165) is 15.7 Å². The zero-order valence-electron chi connectivity index (χ0n) is 9.94. The molecule has 2 rings (SSSR count). The van der Waals surface area contributed by atoms with Crippen molar-refractivity contribution < 1.29 is 4.79 Å². The summed E-state index contributed by atoms with van der Waals surface area (Å²) in [5.41, 5.74) is 1.67. The van der Waals surface area contributed by atoms with Crippen LogP contribution in [0, 0.1) is 0 Å². The Morgan fingerprint density at radius 2 is 1.89 bits per heavy atom. The molecule has 0 heterocycles. The van der Waals surface area contributed by atoms with Gasteiger partial charge in [-0.1, -0.05) is 45.7 Å². The predicted octanol–water partition coefficient (Wildman–Crippen LogP) is 4.75. The van der Waals surface area contributed by atoms with Crippen LogP contribution in [-0.4, -0.2) is 5.91 Å². The second-order valence-electron chi connectivity index (χ2n) is 3.88. The summed E-state index contributed by atoms with van der Waals surface area (Å²) in [6, 6.07) is 14.7. The lowest BCUT2D eigenvalue weighted by molar-refractivity contribution is -0.111. The van der Waals surface area contributed by atoms with Gasteiger partial charge in [0.2, 0.25) is 5.91 Å². The summed E-state index contributed by atoms with van der Waals surface area (Å²) < 4.78 is 0.923. The minimum atomic E-state index is -0.173. The molecule has 96 valence electrons. The fraction of sp³-hybridized carbons (Fsp3) is 0. The lowest BCUT2D eigenvalue weighted by Crippen LogP contribution is -2.07. The Morgan fingerprint density at radius 3 is 2.58 bits per heavy atom. The molecule has 0 aliphatic rings. The molecule has 1 amide bonds. The molecule has 0 aliphatic carbocycles. The molecule has 0 saturated heterocycles. The summed E-state index contributed by atoms with van der Waals surface area (Å²) in [7, 11) is 0. The van der Waals surface area contributed by atoms with Crippen LogP contribution in [0.4, 0.5) is 5.69 Å². The monoisotopic (exact) mass is 335 g/mol. The van der Waals surface area contributed by atoms with Gasteiger partial charge < -0.3 is 5.32 Å². The van der Waals surface area contributed by atoms with Gasteiger partial charge in [-0.15, -0.1) is 0 Å². The van der Waals surface area contributed by atoms with Gasteiger partial charge in [0, 0.05) is 21.3 Å². The minimum Gasteiger partial charge on any atom is -0.322 e. The number of carbonyl (C=O) groups is 1. The Bertz CT molecular complexity index is 608. The summed E-state index contributed by atoms with van der Waals surface area (Å²) in [6.07, 6.45) is 3.23. The van der Waals surface area contributed by atoms with E-state index < -0.39 is 0 Å². The Labute approximate surface area is 125 Å². The van der Waals surface area contributed by atoms with E-state index >= 15 is 0 Å². The second-order valence-corrected chi connectivity index (χ2v) is 5.24. The van der Waals surface area contributed by atoms with Crippen LogP contribution in [0.5, 0.6) is 0 Å². The summed E-state index contributed by atoms with van der Waals surface area (Å²) in [5.74, 6) is -0.173. The summed E-state index contributed by atoms with van der Waals surface area (Å²) in [6.45, 7) is 0. The SMILES string of the molecule is O=C(C=Cc1ccc(Cl)cc1)Nc1cccc(Br)c1. The molecular formula is C15H11BrClNO. The van der Waals surface area contributed by atoms with Gasteiger partial charge in [0.25, 0.3) is 0 Å². The molecule has 0 spiro atoms. The molecule has 19 heavy (non-hydrogen) atoms. The summed E-state index contributed by atoms with van der Waals surface area (Å²) in [5, 5.41) is 3.46. The normalized spacial score (nSPS) is 10.6. The van der Waals surface area contributed by atoms with Crippen molar-refractivity contribution in [2.45, 2.75) is 0 Å². The first kappa shape index (κ1) is 13.8.